The zero-order valence-corrected chi connectivity index (χ0v) is 23.9. The van der Waals surface area contributed by atoms with Crippen LogP contribution >= 0.6 is 0 Å². The highest BCUT2D eigenvalue weighted by Crippen LogP contribution is 2.39. The molecule has 1 rings (SSSR count). The Morgan fingerprint density at radius 2 is 1.47 bits per heavy atom. The molecule has 0 saturated carbocycles. The van der Waals surface area contributed by atoms with E-state index < -0.39 is 38.1 Å². The molecule has 0 N–H and O–H groups in total. The van der Waals surface area contributed by atoms with Gasteiger partial charge in [0.15, 0.2) is 8.32 Å². The van der Waals surface area contributed by atoms with Gasteiger partial charge in [0.2, 0.25) is 0 Å². The van der Waals surface area contributed by atoms with Crippen LogP contribution in [-0.4, -0.2) is 38.4 Å². The van der Waals surface area contributed by atoms with E-state index in [9.17, 15) is 14.4 Å². The van der Waals surface area contributed by atoms with Gasteiger partial charge in [-0.1, -0.05) is 78.8 Å². The van der Waals surface area contributed by atoms with Crippen molar-refractivity contribution in [3.8, 4) is 0 Å². The fourth-order valence-corrected chi connectivity index (χ4v) is 5.23. The number of hydrogen-bond acceptors (Lipinski definition) is 5. The SMILES string of the molecule is CCC(=O)[C@@H](C)[C@@H](O[Si](C)(C)C(C)(C)C)[C@@H](C)C(=O)C(C)C(=O)[C@@H](C)COCc1ccccc1. The van der Waals surface area contributed by atoms with Gasteiger partial charge in [0.1, 0.15) is 17.3 Å². The van der Waals surface area contributed by atoms with Crippen molar-refractivity contribution in [2.75, 3.05) is 6.61 Å². The van der Waals surface area contributed by atoms with E-state index in [0.717, 1.165) is 5.56 Å². The Kier molecular flexibility index (Phi) is 11.5. The average Bonchev–Trinajstić information content (AvgIpc) is 2.79. The molecule has 0 bridgehead atoms. The van der Waals surface area contributed by atoms with Gasteiger partial charge in [-0.15, -0.1) is 0 Å². The average molecular weight is 491 g/mol. The molecule has 192 valence electrons. The van der Waals surface area contributed by atoms with E-state index in [4.69, 9.17) is 9.16 Å². The molecule has 0 fully saturated rings. The molecule has 0 heterocycles. The lowest BCUT2D eigenvalue weighted by atomic mass is 9.80. The van der Waals surface area contributed by atoms with E-state index in [1.807, 2.05) is 44.2 Å². The topological polar surface area (TPSA) is 69.7 Å². The van der Waals surface area contributed by atoms with Crippen LogP contribution in [0, 0.1) is 23.7 Å². The summed E-state index contributed by atoms with van der Waals surface area (Å²) >= 11 is 0. The molecule has 1 aromatic carbocycles. The Bertz CT molecular complexity index is 812. The predicted molar refractivity (Wildman–Crippen MR) is 140 cm³/mol. The van der Waals surface area contributed by atoms with Crippen LogP contribution in [0.3, 0.4) is 0 Å². The van der Waals surface area contributed by atoms with Crippen molar-refractivity contribution >= 4 is 25.7 Å². The molecule has 0 aliphatic carbocycles. The number of ether oxygens (including phenoxy) is 1. The number of carbonyl (C=O) groups is 3. The molecule has 6 heteroatoms. The molecule has 5 nitrogen and oxygen atoms in total. The molecule has 1 aromatic rings. The van der Waals surface area contributed by atoms with Gasteiger partial charge in [-0.3, -0.25) is 14.4 Å². The predicted octanol–water partition coefficient (Wildman–Crippen LogP) is 6.26. The zero-order chi connectivity index (χ0) is 26.3. The Morgan fingerprint density at radius 3 is 1.97 bits per heavy atom. The van der Waals surface area contributed by atoms with Gasteiger partial charge in [0.25, 0.3) is 0 Å². The van der Waals surface area contributed by atoms with Gasteiger partial charge < -0.3 is 9.16 Å². The lowest BCUT2D eigenvalue weighted by Gasteiger charge is -2.42. The summed E-state index contributed by atoms with van der Waals surface area (Å²) < 4.78 is 12.4. The number of carbonyl (C=O) groups excluding carboxylic acids is 3. The van der Waals surface area contributed by atoms with Crippen LogP contribution in [0.4, 0.5) is 0 Å². The van der Waals surface area contributed by atoms with Gasteiger partial charge in [-0.05, 0) is 30.6 Å². The maximum Gasteiger partial charge on any atom is 0.192 e. The fourth-order valence-electron chi connectivity index (χ4n) is 3.79. The third-order valence-electron chi connectivity index (χ3n) is 7.35. The van der Waals surface area contributed by atoms with Gasteiger partial charge in [-0.25, -0.2) is 0 Å². The van der Waals surface area contributed by atoms with Gasteiger partial charge in [0.05, 0.1) is 25.2 Å². The minimum absolute atomic E-state index is 0.0605. The Morgan fingerprint density at radius 1 is 0.912 bits per heavy atom. The smallest absolute Gasteiger partial charge is 0.192 e. The van der Waals surface area contributed by atoms with Crippen LogP contribution in [0.1, 0.15) is 67.4 Å². The van der Waals surface area contributed by atoms with Gasteiger partial charge in [0, 0.05) is 24.2 Å². The summed E-state index contributed by atoms with van der Waals surface area (Å²) in [6.45, 7) is 20.3. The first-order valence-electron chi connectivity index (χ1n) is 12.5. The fraction of sp³-hybridized carbons (Fsp3) is 0.679. The molecule has 34 heavy (non-hydrogen) atoms. The van der Waals surface area contributed by atoms with Crippen LogP contribution in [0.15, 0.2) is 30.3 Å². The van der Waals surface area contributed by atoms with Crippen molar-refractivity contribution in [2.24, 2.45) is 23.7 Å². The summed E-state index contributed by atoms with van der Waals surface area (Å²) in [5.74, 6) is -2.37. The largest absolute Gasteiger partial charge is 0.412 e. The first kappa shape index (κ1) is 30.4. The molecule has 0 saturated heterocycles. The number of hydrogen-bond donors (Lipinski definition) is 0. The van der Waals surface area contributed by atoms with Crippen LogP contribution < -0.4 is 0 Å². The van der Waals surface area contributed by atoms with E-state index >= 15 is 0 Å². The maximum absolute atomic E-state index is 13.4. The van der Waals surface area contributed by atoms with Crippen molar-refractivity contribution in [3.05, 3.63) is 35.9 Å². The molecule has 0 aliphatic rings. The van der Waals surface area contributed by atoms with E-state index in [0.29, 0.717) is 13.0 Å². The minimum atomic E-state index is -2.24. The highest BCUT2D eigenvalue weighted by atomic mass is 28.4. The van der Waals surface area contributed by atoms with E-state index in [1.165, 1.54) is 0 Å². The lowest BCUT2D eigenvalue weighted by molar-refractivity contribution is -0.140. The summed E-state index contributed by atoms with van der Waals surface area (Å²) in [6, 6.07) is 9.79. The Balaban J connectivity index is 2.93. The Hall–Kier alpha value is -1.63. The molecular weight excluding hydrogens is 444 g/mol. The van der Waals surface area contributed by atoms with Crippen LogP contribution in [0.2, 0.25) is 18.1 Å². The van der Waals surface area contributed by atoms with E-state index in [1.54, 1.807) is 20.8 Å². The Labute approximate surface area is 208 Å². The van der Waals surface area contributed by atoms with Crippen LogP contribution in [0.5, 0.6) is 0 Å². The molecule has 1 unspecified atom stereocenters. The van der Waals surface area contributed by atoms with E-state index in [2.05, 4.69) is 33.9 Å². The molecule has 0 aliphatic heterocycles. The molecule has 0 amide bonds. The highest BCUT2D eigenvalue weighted by Gasteiger charge is 2.44. The third kappa shape index (κ3) is 8.24. The van der Waals surface area contributed by atoms with Crippen molar-refractivity contribution < 1.29 is 23.5 Å². The first-order chi connectivity index (χ1) is 15.6. The number of ketones is 3. The molecule has 0 aromatic heterocycles. The molecular formula is C28H46O5Si. The standard InChI is InChI=1S/C28H46O5Si/c1-11-24(29)20(3)27(33-34(9,10)28(6,7)8)22(5)26(31)21(4)25(30)19(2)17-32-18-23-15-13-12-14-16-23/h12-16,19-22,27H,11,17-18H2,1-10H3/t19-,20+,21?,22-,27+/m0/s1. The van der Waals surface area contributed by atoms with Crippen LogP contribution in [0.25, 0.3) is 0 Å². The zero-order valence-electron chi connectivity index (χ0n) is 22.9. The first-order valence-corrected chi connectivity index (χ1v) is 15.4. The summed E-state index contributed by atoms with van der Waals surface area (Å²) in [5.41, 5.74) is 1.04. The highest BCUT2D eigenvalue weighted by molar-refractivity contribution is 6.74. The van der Waals surface area contributed by atoms with Crippen molar-refractivity contribution in [1.29, 1.82) is 0 Å². The second-order valence-electron chi connectivity index (χ2n) is 11.2. The minimum Gasteiger partial charge on any atom is -0.412 e. The molecule has 5 atom stereocenters. The number of rotatable bonds is 14. The second-order valence-corrected chi connectivity index (χ2v) is 15.9. The third-order valence-corrected chi connectivity index (χ3v) is 11.8. The molecule has 0 radical (unpaired) electrons. The lowest BCUT2D eigenvalue weighted by Crippen LogP contribution is -2.50. The van der Waals surface area contributed by atoms with Crippen LogP contribution in [-0.2, 0) is 30.2 Å². The summed E-state index contributed by atoms with van der Waals surface area (Å²) in [6.07, 6.45) is -0.148. The summed E-state index contributed by atoms with van der Waals surface area (Å²) in [4.78, 5) is 39.1. The number of Topliss-reactive ketones (excluding diaryl/α,β-unsaturated/α-hetero) is 3. The quantitative estimate of drug-likeness (QED) is 0.227. The normalized spacial score (nSPS) is 16.9. The number of benzene rings is 1. The van der Waals surface area contributed by atoms with Crippen molar-refractivity contribution in [3.63, 3.8) is 0 Å². The monoisotopic (exact) mass is 490 g/mol. The van der Waals surface area contributed by atoms with Crippen molar-refractivity contribution in [2.45, 2.75) is 92.7 Å². The maximum atomic E-state index is 13.4. The van der Waals surface area contributed by atoms with Crippen molar-refractivity contribution in [1.82, 2.24) is 0 Å². The summed E-state index contributed by atoms with van der Waals surface area (Å²) in [5, 5.41) is -0.0605. The van der Waals surface area contributed by atoms with Gasteiger partial charge in [-0.2, -0.15) is 0 Å². The summed E-state index contributed by atoms with van der Waals surface area (Å²) in [7, 11) is -2.24. The van der Waals surface area contributed by atoms with E-state index in [-0.39, 0.29) is 29.0 Å². The second kappa shape index (κ2) is 12.9. The van der Waals surface area contributed by atoms with Gasteiger partial charge >= 0.3 is 0 Å². The molecule has 0 spiro atoms.